The molecule has 3 rings (SSSR count). The number of rotatable bonds is 3. The number of aryl methyl sites for hydroxylation is 1. The molecule has 0 unspecified atom stereocenters. The minimum atomic E-state index is -0.760. The zero-order valence-electron chi connectivity index (χ0n) is 17.2. The van der Waals surface area contributed by atoms with Gasteiger partial charge in [0.15, 0.2) is 0 Å². The van der Waals surface area contributed by atoms with Gasteiger partial charge in [-0.2, -0.15) is 0 Å². The first-order chi connectivity index (χ1) is 13.6. The molecule has 1 amide bonds. The molecule has 0 spiro atoms. The molecule has 1 fully saturated rings. The maximum Gasteiger partial charge on any atom is 0.411 e. The zero-order chi connectivity index (χ0) is 21.3. The van der Waals surface area contributed by atoms with Gasteiger partial charge >= 0.3 is 12.1 Å². The highest BCUT2D eigenvalue weighted by Crippen LogP contribution is 2.32. The topological polar surface area (TPSA) is 78.0 Å². The van der Waals surface area contributed by atoms with Crippen LogP contribution in [0, 0.1) is 6.92 Å². The number of benzene rings is 1. The number of halogens is 1. The predicted molar refractivity (Wildman–Crippen MR) is 112 cm³/mol. The van der Waals surface area contributed by atoms with Crippen LogP contribution in [-0.2, 0) is 14.3 Å². The van der Waals surface area contributed by atoms with E-state index in [1.807, 2.05) is 25.1 Å². The van der Waals surface area contributed by atoms with Crippen molar-refractivity contribution >= 4 is 38.8 Å². The average molecular weight is 465 g/mol. The quantitative estimate of drug-likeness (QED) is 0.632. The number of likely N-dealkylation sites (tertiary alicyclic amines) is 1. The second-order valence-corrected chi connectivity index (χ2v) is 8.94. The van der Waals surface area contributed by atoms with Gasteiger partial charge in [-0.25, -0.2) is 14.6 Å². The number of hydrogen-bond donors (Lipinski definition) is 0. The molecule has 2 atom stereocenters. The Morgan fingerprint density at radius 3 is 2.66 bits per heavy atom. The molecule has 7 nitrogen and oxygen atoms in total. The van der Waals surface area contributed by atoms with Gasteiger partial charge in [0.05, 0.1) is 13.7 Å². The normalized spacial score (nSPS) is 19.3. The van der Waals surface area contributed by atoms with E-state index in [0.29, 0.717) is 12.3 Å². The van der Waals surface area contributed by atoms with Crippen molar-refractivity contribution in [1.82, 2.24) is 9.88 Å². The van der Waals surface area contributed by atoms with E-state index in [1.165, 1.54) is 12.0 Å². The lowest BCUT2D eigenvalue weighted by molar-refractivity contribution is -0.145. The number of carbonyl (C=O) groups is 2. The number of fused-ring (bicyclic) bond motifs is 1. The van der Waals surface area contributed by atoms with Crippen molar-refractivity contribution in [2.24, 2.45) is 0 Å². The molecule has 1 aromatic heterocycles. The van der Waals surface area contributed by atoms with Gasteiger partial charge in [0.1, 0.15) is 17.7 Å². The summed E-state index contributed by atoms with van der Waals surface area (Å²) in [7, 11) is 1.30. The van der Waals surface area contributed by atoms with Gasteiger partial charge in [-0.3, -0.25) is 4.90 Å². The van der Waals surface area contributed by atoms with E-state index in [9.17, 15) is 9.59 Å². The van der Waals surface area contributed by atoms with E-state index in [-0.39, 0.29) is 6.54 Å². The van der Waals surface area contributed by atoms with Crippen molar-refractivity contribution in [3.05, 3.63) is 34.4 Å². The van der Waals surface area contributed by atoms with Gasteiger partial charge in [0.25, 0.3) is 0 Å². The largest absolute Gasteiger partial charge is 0.472 e. The molecule has 0 radical (unpaired) electrons. The summed E-state index contributed by atoms with van der Waals surface area (Å²) in [5.41, 5.74) is 0.440. The summed E-state index contributed by atoms with van der Waals surface area (Å²) in [5.74, 6) is -0.0333. The summed E-state index contributed by atoms with van der Waals surface area (Å²) in [4.78, 5) is 30.6. The summed E-state index contributed by atoms with van der Waals surface area (Å²) >= 11 is 3.54. The lowest BCUT2D eigenvalue weighted by Crippen LogP contribution is -2.44. The zero-order valence-corrected chi connectivity index (χ0v) is 18.8. The van der Waals surface area contributed by atoms with Crippen LogP contribution < -0.4 is 4.74 Å². The fourth-order valence-electron chi connectivity index (χ4n) is 3.30. The Labute approximate surface area is 178 Å². The number of carbonyl (C=O) groups excluding carboxylic acids is 2. The first-order valence-corrected chi connectivity index (χ1v) is 10.2. The number of methoxy groups -OCH3 is 1. The molecule has 0 N–H and O–H groups in total. The molecule has 1 saturated heterocycles. The van der Waals surface area contributed by atoms with Crippen LogP contribution in [0.25, 0.3) is 10.8 Å². The number of esters is 1. The molecule has 2 heterocycles. The van der Waals surface area contributed by atoms with Crippen LogP contribution in [0.2, 0.25) is 0 Å². The molecule has 8 heteroatoms. The smallest absolute Gasteiger partial charge is 0.411 e. The molecule has 2 aromatic rings. The Hall–Kier alpha value is -2.35. The highest BCUT2D eigenvalue weighted by Gasteiger charge is 2.43. The Morgan fingerprint density at radius 1 is 1.28 bits per heavy atom. The number of pyridine rings is 1. The third kappa shape index (κ3) is 4.80. The fourth-order valence-corrected chi connectivity index (χ4v) is 3.64. The molecular weight excluding hydrogens is 440 g/mol. The number of nitrogens with zero attached hydrogens (tertiary/aromatic N) is 2. The number of ether oxygens (including phenoxy) is 3. The van der Waals surface area contributed by atoms with E-state index in [0.717, 1.165) is 20.8 Å². The minimum absolute atomic E-state index is 0.208. The van der Waals surface area contributed by atoms with Gasteiger partial charge in [0, 0.05) is 22.5 Å². The first-order valence-electron chi connectivity index (χ1n) is 9.38. The molecule has 29 heavy (non-hydrogen) atoms. The monoisotopic (exact) mass is 464 g/mol. The average Bonchev–Trinajstić information content (AvgIpc) is 3.05. The van der Waals surface area contributed by atoms with Crippen LogP contribution >= 0.6 is 15.9 Å². The SMILES string of the molecule is COC(=O)[C@@H]1C[C@@H](Oc2nccc3cc(C)c(Br)cc23)CN1C(=O)OC(C)(C)C. The standard InChI is InChI=1S/C21H25BrN2O5/c1-12-8-13-6-7-23-18(15(13)10-16(12)22)28-14-9-17(19(25)27-5)24(11-14)20(26)29-21(2,3)4/h6-8,10,14,17H,9,11H2,1-5H3/t14-,17+/m1/s1. The van der Waals surface area contributed by atoms with Crippen molar-refractivity contribution in [2.75, 3.05) is 13.7 Å². The predicted octanol–water partition coefficient (Wildman–Crippen LogP) is 4.24. The third-order valence-electron chi connectivity index (χ3n) is 4.65. The summed E-state index contributed by atoms with van der Waals surface area (Å²) in [5, 5.41) is 1.86. The highest BCUT2D eigenvalue weighted by molar-refractivity contribution is 9.10. The van der Waals surface area contributed by atoms with E-state index in [1.54, 1.807) is 27.0 Å². The summed E-state index contributed by atoms with van der Waals surface area (Å²) < 4.78 is 17.4. The summed E-state index contributed by atoms with van der Waals surface area (Å²) in [6, 6.07) is 5.17. The van der Waals surface area contributed by atoms with Crippen molar-refractivity contribution in [2.45, 2.75) is 51.9 Å². The van der Waals surface area contributed by atoms with Crippen LogP contribution in [0.15, 0.2) is 28.9 Å². The van der Waals surface area contributed by atoms with Crippen LogP contribution in [-0.4, -0.2) is 53.3 Å². The van der Waals surface area contributed by atoms with Gasteiger partial charge in [0.2, 0.25) is 5.88 Å². The Balaban J connectivity index is 1.85. The lowest BCUT2D eigenvalue weighted by Gasteiger charge is -2.27. The molecule has 1 aromatic carbocycles. The maximum absolute atomic E-state index is 12.6. The minimum Gasteiger partial charge on any atom is -0.472 e. The fraction of sp³-hybridized carbons (Fsp3) is 0.476. The lowest BCUT2D eigenvalue weighted by atomic mass is 10.1. The number of amides is 1. The highest BCUT2D eigenvalue weighted by atomic mass is 79.9. The van der Waals surface area contributed by atoms with Crippen LogP contribution in [0.3, 0.4) is 0 Å². The second-order valence-electron chi connectivity index (χ2n) is 8.09. The summed E-state index contributed by atoms with van der Waals surface area (Å²) in [6.07, 6.45) is 1.01. The van der Waals surface area contributed by atoms with E-state index in [4.69, 9.17) is 14.2 Å². The van der Waals surface area contributed by atoms with Crippen molar-refractivity contribution in [3.63, 3.8) is 0 Å². The molecular formula is C21H25BrN2O5. The van der Waals surface area contributed by atoms with E-state index in [2.05, 4.69) is 20.9 Å². The number of hydrogen-bond acceptors (Lipinski definition) is 6. The Morgan fingerprint density at radius 2 is 2.00 bits per heavy atom. The van der Waals surface area contributed by atoms with E-state index < -0.39 is 29.8 Å². The molecule has 0 aliphatic carbocycles. The second kappa shape index (κ2) is 8.18. The summed E-state index contributed by atoms with van der Waals surface area (Å²) in [6.45, 7) is 7.56. The maximum atomic E-state index is 12.6. The van der Waals surface area contributed by atoms with Gasteiger partial charge in [-0.15, -0.1) is 0 Å². The van der Waals surface area contributed by atoms with Gasteiger partial charge in [-0.05, 0) is 50.8 Å². The van der Waals surface area contributed by atoms with Crippen LogP contribution in [0.5, 0.6) is 5.88 Å². The molecule has 0 bridgehead atoms. The van der Waals surface area contributed by atoms with Crippen molar-refractivity contribution in [1.29, 1.82) is 0 Å². The molecule has 1 aliphatic rings. The first kappa shape index (κ1) is 21.4. The van der Waals surface area contributed by atoms with Crippen molar-refractivity contribution < 1.29 is 23.8 Å². The Kier molecular flexibility index (Phi) is 6.03. The van der Waals surface area contributed by atoms with Crippen molar-refractivity contribution in [3.8, 4) is 5.88 Å². The Bertz CT molecular complexity index is 941. The van der Waals surface area contributed by atoms with E-state index >= 15 is 0 Å². The van der Waals surface area contributed by atoms with Gasteiger partial charge < -0.3 is 14.2 Å². The molecule has 0 saturated carbocycles. The van der Waals surface area contributed by atoms with Crippen LogP contribution in [0.4, 0.5) is 4.79 Å². The third-order valence-corrected chi connectivity index (χ3v) is 5.50. The molecule has 1 aliphatic heterocycles. The molecule has 156 valence electrons. The number of aromatic nitrogens is 1. The van der Waals surface area contributed by atoms with Crippen LogP contribution in [0.1, 0.15) is 32.8 Å². The van der Waals surface area contributed by atoms with Gasteiger partial charge in [-0.1, -0.05) is 22.0 Å².